The Balaban J connectivity index is 2.05. The SMILES string of the molecule is CCC1COCCN1Cc1cccc(C=CC(=O)O)c1. The molecule has 2 rings (SSSR count). The van der Waals surface area contributed by atoms with Crippen LogP contribution < -0.4 is 0 Å². The third-order valence-electron chi connectivity index (χ3n) is 3.58. The fraction of sp³-hybridized carbons (Fsp3) is 0.438. The van der Waals surface area contributed by atoms with Crippen LogP contribution in [0, 0.1) is 0 Å². The second-order valence-electron chi connectivity index (χ2n) is 5.02. The van der Waals surface area contributed by atoms with Gasteiger partial charge in [0.05, 0.1) is 13.2 Å². The van der Waals surface area contributed by atoms with Crippen molar-refractivity contribution in [3.63, 3.8) is 0 Å². The highest BCUT2D eigenvalue weighted by Crippen LogP contribution is 2.16. The number of benzene rings is 1. The maximum Gasteiger partial charge on any atom is 0.328 e. The molecule has 0 aromatic heterocycles. The molecule has 108 valence electrons. The topological polar surface area (TPSA) is 49.8 Å². The van der Waals surface area contributed by atoms with Gasteiger partial charge in [-0.3, -0.25) is 4.90 Å². The lowest BCUT2D eigenvalue weighted by molar-refractivity contribution is -0.131. The molecule has 1 saturated heterocycles. The van der Waals surface area contributed by atoms with E-state index in [1.165, 1.54) is 11.6 Å². The van der Waals surface area contributed by atoms with Crippen LogP contribution in [0.2, 0.25) is 0 Å². The predicted octanol–water partition coefficient (Wildman–Crippen LogP) is 2.40. The van der Waals surface area contributed by atoms with Crippen molar-refractivity contribution in [2.75, 3.05) is 19.8 Å². The molecule has 1 aliphatic rings. The van der Waals surface area contributed by atoms with E-state index in [0.717, 1.165) is 38.3 Å². The number of hydrogen-bond acceptors (Lipinski definition) is 3. The van der Waals surface area contributed by atoms with Crippen molar-refractivity contribution in [1.82, 2.24) is 4.90 Å². The van der Waals surface area contributed by atoms with Crippen molar-refractivity contribution in [2.45, 2.75) is 25.9 Å². The summed E-state index contributed by atoms with van der Waals surface area (Å²) in [4.78, 5) is 13.0. The minimum atomic E-state index is -0.922. The van der Waals surface area contributed by atoms with Crippen molar-refractivity contribution in [1.29, 1.82) is 0 Å². The van der Waals surface area contributed by atoms with Crippen molar-refractivity contribution < 1.29 is 14.6 Å². The van der Waals surface area contributed by atoms with Crippen LogP contribution in [0.15, 0.2) is 30.3 Å². The van der Waals surface area contributed by atoms with Gasteiger partial charge in [-0.15, -0.1) is 0 Å². The van der Waals surface area contributed by atoms with Crippen LogP contribution in [0.4, 0.5) is 0 Å². The average Bonchev–Trinajstić information content (AvgIpc) is 2.46. The summed E-state index contributed by atoms with van der Waals surface area (Å²) in [6.45, 7) is 5.60. The second kappa shape index (κ2) is 7.22. The van der Waals surface area contributed by atoms with E-state index in [0.29, 0.717) is 6.04 Å². The zero-order chi connectivity index (χ0) is 14.4. The predicted molar refractivity (Wildman–Crippen MR) is 78.4 cm³/mol. The maximum atomic E-state index is 10.5. The van der Waals surface area contributed by atoms with Crippen LogP contribution in [0.25, 0.3) is 6.08 Å². The average molecular weight is 275 g/mol. The molecule has 1 aliphatic heterocycles. The van der Waals surface area contributed by atoms with E-state index in [1.54, 1.807) is 6.08 Å². The van der Waals surface area contributed by atoms with E-state index >= 15 is 0 Å². The highest BCUT2D eigenvalue weighted by Gasteiger charge is 2.21. The summed E-state index contributed by atoms with van der Waals surface area (Å²) in [6, 6.07) is 8.49. The van der Waals surface area contributed by atoms with Gasteiger partial charge in [-0.25, -0.2) is 4.79 Å². The molecule has 0 radical (unpaired) electrons. The van der Waals surface area contributed by atoms with E-state index in [2.05, 4.69) is 17.9 Å². The number of morpholine rings is 1. The molecule has 1 aromatic carbocycles. The lowest BCUT2D eigenvalue weighted by atomic mass is 10.1. The first-order valence-corrected chi connectivity index (χ1v) is 7.00. The van der Waals surface area contributed by atoms with Crippen LogP contribution in [0.3, 0.4) is 0 Å². The monoisotopic (exact) mass is 275 g/mol. The number of rotatable bonds is 5. The number of hydrogen-bond donors (Lipinski definition) is 1. The van der Waals surface area contributed by atoms with Gasteiger partial charge in [0, 0.05) is 25.2 Å². The first-order chi connectivity index (χ1) is 9.69. The number of carboxylic acids is 1. The number of carboxylic acid groups (broad SMARTS) is 1. The molecule has 1 fully saturated rings. The summed E-state index contributed by atoms with van der Waals surface area (Å²) < 4.78 is 5.51. The largest absolute Gasteiger partial charge is 0.478 e. The molecule has 0 aliphatic carbocycles. The quantitative estimate of drug-likeness (QED) is 0.838. The molecular formula is C16H21NO3. The minimum Gasteiger partial charge on any atom is -0.478 e. The van der Waals surface area contributed by atoms with Crippen LogP contribution in [-0.2, 0) is 16.1 Å². The Bertz CT molecular complexity index is 484. The van der Waals surface area contributed by atoms with Gasteiger partial charge in [-0.2, -0.15) is 0 Å². The molecule has 0 spiro atoms. The Labute approximate surface area is 119 Å². The van der Waals surface area contributed by atoms with E-state index in [1.807, 2.05) is 18.2 Å². The fourth-order valence-electron chi connectivity index (χ4n) is 2.47. The van der Waals surface area contributed by atoms with Gasteiger partial charge < -0.3 is 9.84 Å². The molecule has 1 aromatic rings. The third kappa shape index (κ3) is 4.18. The van der Waals surface area contributed by atoms with Crippen LogP contribution >= 0.6 is 0 Å². The molecule has 4 nitrogen and oxygen atoms in total. The van der Waals surface area contributed by atoms with Crippen LogP contribution in [0.1, 0.15) is 24.5 Å². The normalized spacial score (nSPS) is 20.4. The third-order valence-corrected chi connectivity index (χ3v) is 3.58. The van der Waals surface area contributed by atoms with Gasteiger partial charge in [0.25, 0.3) is 0 Å². The second-order valence-corrected chi connectivity index (χ2v) is 5.02. The highest BCUT2D eigenvalue weighted by atomic mass is 16.5. The Morgan fingerprint density at radius 2 is 2.40 bits per heavy atom. The minimum absolute atomic E-state index is 0.474. The first-order valence-electron chi connectivity index (χ1n) is 7.00. The molecule has 1 unspecified atom stereocenters. The number of aliphatic carboxylic acids is 1. The van der Waals surface area contributed by atoms with E-state index in [9.17, 15) is 4.79 Å². The van der Waals surface area contributed by atoms with E-state index in [4.69, 9.17) is 9.84 Å². The zero-order valence-electron chi connectivity index (χ0n) is 11.8. The smallest absolute Gasteiger partial charge is 0.328 e. The van der Waals surface area contributed by atoms with Crippen molar-refractivity contribution in [3.8, 4) is 0 Å². The van der Waals surface area contributed by atoms with Crippen LogP contribution in [0.5, 0.6) is 0 Å². The lowest BCUT2D eigenvalue weighted by Crippen LogP contribution is -2.44. The Morgan fingerprint density at radius 3 is 3.15 bits per heavy atom. The lowest BCUT2D eigenvalue weighted by Gasteiger charge is -2.35. The first kappa shape index (κ1) is 14.8. The van der Waals surface area contributed by atoms with Crippen molar-refractivity contribution in [3.05, 3.63) is 41.5 Å². The van der Waals surface area contributed by atoms with Gasteiger partial charge >= 0.3 is 5.97 Å². The summed E-state index contributed by atoms with van der Waals surface area (Å²) in [5, 5.41) is 8.66. The summed E-state index contributed by atoms with van der Waals surface area (Å²) >= 11 is 0. The number of carbonyl (C=O) groups is 1. The van der Waals surface area contributed by atoms with Gasteiger partial charge in [-0.1, -0.05) is 31.2 Å². The Morgan fingerprint density at radius 1 is 1.55 bits per heavy atom. The number of ether oxygens (including phenoxy) is 1. The molecule has 1 atom stereocenters. The van der Waals surface area contributed by atoms with Crippen molar-refractivity contribution in [2.24, 2.45) is 0 Å². The summed E-state index contributed by atoms with van der Waals surface area (Å²) in [5.41, 5.74) is 2.13. The van der Waals surface area contributed by atoms with Gasteiger partial charge in [-0.05, 0) is 23.6 Å². The Kier molecular flexibility index (Phi) is 5.32. The maximum absolute atomic E-state index is 10.5. The van der Waals surface area contributed by atoms with Gasteiger partial charge in [0.15, 0.2) is 0 Å². The summed E-state index contributed by atoms with van der Waals surface area (Å²) in [6.07, 6.45) is 3.88. The zero-order valence-corrected chi connectivity index (χ0v) is 11.8. The summed E-state index contributed by atoms with van der Waals surface area (Å²) in [7, 11) is 0. The van der Waals surface area contributed by atoms with Gasteiger partial charge in [0.2, 0.25) is 0 Å². The molecule has 0 saturated carbocycles. The Hall–Kier alpha value is -1.65. The molecule has 1 N–H and O–H groups in total. The fourth-order valence-corrected chi connectivity index (χ4v) is 2.47. The number of nitrogens with zero attached hydrogens (tertiary/aromatic N) is 1. The highest BCUT2D eigenvalue weighted by molar-refractivity contribution is 5.85. The van der Waals surface area contributed by atoms with E-state index in [-0.39, 0.29) is 0 Å². The standard InChI is InChI=1S/C16H21NO3/c1-2-15-12-20-9-8-17(15)11-14-5-3-4-13(10-14)6-7-16(18)19/h3-7,10,15H,2,8-9,11-12H2,1H3,(H,18,19). The van der Waals surface area contributed by atoms with E-state index < -0.39 is 5.97 Å². The van der Waals surface area contributed by atoms with Crippen molar-refractivity contribution >= 4 is 12.0 Å². The molecule has 4 heteroatoms. The van der Waals surface area contributed by atoms with Gasteiger partial charge in [0.1, 0.15) is 0 Å². The molecule has 1 heterocycles. The summed E-state index contributed by atoms with van der Waals surface area (Å²) in [5.74, 6) is -0.922. The van der Waals surface area contributed by atoms with Crippen LogP contribution in [-0.4, -0.2) is 41.8 Å². The molecule has 0 amide bonds. The molecule has 0 bridgehead atoms. The molecular weight excluding hydrogens is 254 g/mol. The molecule has 20 heavy (non-hydrogen) atoms.